The van der Waals surface area contributed by atoms with Crippen molar-refractivity contribution in [2.75, 3.05) is 5.75 Å². The van der Waals surface area contributed by atoms with Crippen molar-refractivity contribution < 1.29 is 13.0 Å². The first-order valence-electron chi connectivity index (χ1n) is 4.87. The molecule has 0 atom stereocenters. The van der Waals surface area contributed by atoms with Crippen LogP contribution >= 0.6 is 10.8 Å². The maximum absolute atomic E-state index is 10.6. The van der Waals surface area contributed by atoms with Crippen LogP contribution in [0.1, 0.15) is 5.69 Å². The summed E-state index contributed by atoms with van der Waals surface area (Å²) in [5.74, 6) is 0.252. The van der Waals surface area contributed by atoms with Crippen molar-refractivity contribution in [2.45, 2.75) is 6.42 Å². The molecule has 0 unspecified atom stereocenters. The highest BCUT2D eigenvalue weighted by Gasteiger charge is 2.07. The van der Waals surface area contributed by atoms with Gasteiger partial charge in [0, 0.05) is 22.9 Å². The maximum atomic E-state index is 10.6. The fraction of sp³-hybridized carbons (Fsp3) is 0.200. The predicted molar refractivity (Wildman–Crippen MR) is 67.2 cm³/mol. The number of aromatic nitrogens is 2. The number of hydrogen-bond donors (Lipinski definition) is 1. The van der Waals surface area contributed by atoms with Gasteiger partial charge in [-0.25, -0.2) is 0 Å². The monoisotopic (exact) mass is 270 g/mol. The van der Waals surface area contributed by atoms with Gasteiger partial charge in [-0.2, -0.15) is 18.6 Å². The fourth-order valence-electron chi connectivity index (χ4n) is 1.52. The average Bonchev–Trinajstić information content (AvgIpc) is 2.28. The summed E-state index contributed by atoms with van der Waals surface area (Å²) >= 11 is 0. The van der Waals surface area contributed by atoms with Crippen LogP contribution in [0.15, 0.2) is 30.5 Å². The number of hydrogen-bond acceptors (Lipinski definition) is 5. The first-order valence-corrected chi connectivity index (χ1v) is 7.82. The van der Waals surface area contributed by atoms with Crippen molar-refractivity contribution in [3.8, 4) is 0 Å². The van der Waals surface area contributed by atoms with Gasteiger partial charge in [-0.15, -0.1) is 0 Å². The third-order valence-electron chi connectivity index (χ3n) is 2.22. The normalized spacial score (nSPS) is 11.8. The lowest BCUT2D eigenvalue weighted by Crippen LogP contribution is -1.99. The molecule has 2 rings (SSSR count). The molecule has 7 heteroatoms. The van der Waals surface area contributed by atoms with Gasteiger partial charge in [0.1, 0.15) is 0 Å². The highest BCUT2D eigenvalue weighted by molar-refractivity contribution is 8.69. The highest BCUT2D eigenvalue weighted by atomic mass is 33.1. The van der Waals surface area contributed by atoms with Crippen LogP contribution in [0.5, 0.6) is 0 Å². The molecular formula is C10H10N2O3S2. The molecule has 0 aliphatic carbocycles. The SMILES string of the molecule is O=S(=O)(O)SCCc1nncc2ccccc12. The van der Waals surface area contributed by atoms with Crippen molar-refractivity contribution in [3.63, 3.8) is 0 Å². The number of aryl methyl sites for hydroxylation is 1. The second-order valence-electron chi connectivity index (χ2n) is 3.38. The summed E-state index contributed by atoms with van der Waals surface area (Å²) in [6.07, 6.45) is 2.10. The summed E-state index contributed by atoms with van der Waals surface area (Å²) in [6.45, 7) is 0. The van der Waals surface area contributed by atoms with Crippen molar-refractivity contribution in [1.82, 2.24) is 10.2 Å². The van der Waals surface area contributed by atoms with Crippen LogP contribution in [0.3, 0.4) is 0 Å². The molecular weight excluding hydrogens is 260 g/mol. The summed E-state index contributed by atoms with van der Waals surface area (Å²) in [7, 11) is -3.48. The topological polar surface area (TPSA) is 80.2 Å². The van der Waals surface area contributed by atoms with Crippen LogP contribution < -0.4 is 0 Å². The Hall–Kier alpha value is -1.18. The Balaban J connectivity index is 2.19. The Morgan fingerprint density at radius 2 is 2.06 bits per heavy atom. The molecule has 1 aromatic heterocycles. The number of nitrogens with zero attached hydrogens (tertiary/aromatic N) is 2. The van der Waals surface area contributed by atoms with Crippen molar-refractivity contribution in [2.24, 2.45) is 0 Å². The predicted octanol–water partition coefficient (Wildman–Crippen LogP) is 1.71. The van der Waals surface area contributed by atoms with E-state index in [0.29, 0.717) is 17.2 Å². The van der Waals surface area contributed by atoms with Crippen molar-refractivity contribution >= 4 is 30.7 Å². The molecule has 0 bridgehead atoms. The smallest absolute Gasteiger partial charge is 0.277 e. The summed E-state index contributed by atoms with van der Waals surface area (Å²) < 4.78 is 29.7. The molecule has 0 spiro atoms. The molecule has 17 heavy (non-hydrogen) atoms. The largest absolute Gasteiger partial charge is 0.319 e. The summed E-state index contributed by atoms with van der Waals surface area (Å²) in [5.41, 5.74) is 0.735. The van der Waals surface area contributed by atoms with Gasteiger partial charge in [0.15, 0.2) is 0 Å². The third kappa shape index (κ3) is 3.39. The fourth-order valence-corrected chi connectivity index (χ4v) is 2.88. The molecule has 0 fully saturated rings. The van der Waals surface area contributed by atoms with E-state index in [4.69, 9.17) is 4.55 Å². The molecule has 0 aliphatic rings. The average molecular weight is 270 g/mol. The van der Waals surface area contributed by atoms with Gasteiger partial charge in [-0.1, -0.05) is 24.3 Å². The zero-order valence-corrected chi connectivity index (χ0v) is 10.4. The lowest BCUT2D eigenvalue weighted by atomic mass is 10.1. The van der Waals surface area contributed by atoms with E-state index in [2.05, 4.69) is 10.2 Å². The summed E-state index contributed by atoms with van der Waals surface area (Å²) in [5, 5.41) is 9.77. The van der Waals surface area contributed by atoms with E-state index in [-0.39, 0.29) is 5.75 Å². The molecule has 0 aliphatic heterocycles. The van der Waals surface area contributed by atoms with Gasteiger partial charge in [-0.3, -0.25) is 4.55 Å². The van der Waals surface area contributed by atoms with Crippen molar-refractivity contribution in [3.05, 3.63) is 36.2 Å². The van der Waals surface area contributed by atoms with Crippen LogP contribution in [0, 0.1) is 0 Å². The maximum Gasteiger partial charge on any atom is 0.319 e. The minimum Gasteiger partial charge on any atom is -0.277 e. The molecule has 1 heterocycles. The van der Waals surface area contributed by atoms with E-state index in [0.717, 1.165) is 16.5 Å². The van der Waals surface area contributed by atoms with Gasteiger partial charge in [0.25, 0.3) is 0 Å². The standard InChI is InChI=1S/C10H10N2O3S2/c13-17(14,15)16-6-5-10-9-4-2-1-3-8(9)7-11-12-10/h1-4,7H,5-6H2,(H,13,14,15). The second kappa shape index (κ2) is 4.99. The molecule has 0 radical (unpaired) electrons. The highest BCUT2D eigenvalue weighted by Crippen LogP contribution is 2.18. The molecule has 0 amide bonds. The molecule has 0 saturated heterocycles. The first kappa shape index (κ1) is 12.3. The Labute approximate surface area is 102 Å². The van der Waals surface area contributed by atoms with Crippen LogP contribution in [0.2, 0.25) is 0 Å². The van der Waals surface area contributed by atoms with E-state index < -0.39 is 9.15 Å². The molecule has 2 aromatic rings. The molecule has 1 aromatic carbocycles. The summed E-state index contributed by atoms with van der Waals surface area (Å²) in [4.78, 5) is 0. The molecule has 0 saturated carbocycles. The van der Waals surface area contributed by atoms with E-state index in [1.165, 1.54) is 0 Å². The van der Waals surface area contributed by atoms with Gasteiger partial charge in [-0.05, 0) is 10.8 Å². The van der Waals surface area contributed by atoms with Crippen LogP contribution in [0.25, 0.3) is 10.8 Å². The van der Waals surface area contributed by atoms with Gasteiger partial charge < -0.3 is 0 Å². The lowest BCUT2D eigenvalue weighted by Gasteiger charge is -2.03. The Kier molecular flexibility index (Phi) is 3.60. The number of rotatable bonds is 4. The Morgan fingerprint density at radius 1 is 1.29 bits per heavy atom. The second-order valence-corrected chi connectivity index (χ2v) is 6.85. The van der Waals surface area contributed by atoms with E-state index >= 15 is 0 Å². The van der Waals surface area contributed by atoms with E-state index in [1.54, 1.807) is 6.20 Å². The lowest BCUT2D eigenvalue weighted by molar-refractivity contribution is 0.503. The van der Waals surface area contributed by atoms with Gasteiger partial charge in [0.2, 0.25) is 0 Å². The van der Waals surface area contributed by atoms with Gasteiger partial charge >= 0.3 is 9.15 Å². The van der Waals surface area contributed by atoms with Gasteiger partial charge in [0.05, 0.1) is 11.9 Å². The summed E-state index contributed by atoms with van der Waals surface area (Å²) in [6, 6.07) is 7.63. The zero-order chi connectivity index (χ0) is 12.3. The van der Waals surface area contributed by atoms with E-state index in [9.17, 15) is 8.42 Å². The third-order valence-corrected chi connectivity index (χ3v) is 4.28. The molecule has 5 nitrogen and oxygen atoms in total. The van der Waals surface area contributed by atoms with Crippen LogP contribution in [-0.2, 0) is 15.6 Å². The number of benzene rings is 1. The molecule has 90 valence electrons. The minimum atomic E-state index is -3.98. The first-order chi connectivity index (χ1) is 8.06. The number of fused-ring (bicyclic) bond motifs is 1. The Bertz CT molecular complexity index is 623. The zero-order valence-electron chi connectivity index (χ0n) is 8.78. The van der Waals surface area contributed by atoms with E-state index in [1.807, 2.05) is 24.3 Å². The van der Waals surface area contributed by atoms with Crippen LogP contribution in [0.4, 0.5) is 0 Å². The van der Waals surface area contributed by atoms with Crippen LogP contribution in [-0.4, -0.2) is 28.9 Å². The Morgan fingerprint density at radius 3 is 2.82 bits per heavy atom. The minimum absolute atomic E-state index is 0.252. The van der Waals surface area contributed by atoms with Crippen molar-refractivity contribution in [1.29, 1.82) is 0 Å². The quantitative estimate of drug-likeness (QED) is 0.673. The molecule has 1 N–H and O–H groups in total.